The Labute approximate surface area is 145 Å². The minimum atomic E-state index is 0.236. The van der Waals surface area contributed by atoms with Gasteiger partial charge in [-0.2, -0.15) is 5.10 Å². The molecule has 24 heavy (non-hydrogen) atoms. The fourth-order valence-corrected chi connectivity index (χ4v) is 4.10. The van der Waals surface area contributed by atoms with Gasteiger partial charge in [-0.15, -0.1) is 11.3 Å². The topological polar surface area (TPSA) is 66.0 Å². The molecule has 1 unspecified atom stereocenters. The molecule has 0 bridgehead atoms. The number of hydrogen-bond acceptors (Lipinski definition) is 5. The van der Waals surface area contributed by atoms with Crippen LogP contribution in [0.25, 0.3) is 16.8 Å². The monoisotopic (exact) mass is 335 g/mol. The van der Waals surface area contributed by atoms with E-state index in [-0.39, 0.29) is 6.71 Å². The lowest BCUT2D eigenvalue weighted by atomic mass is 9.50. The third-order valence-electron chi connectivity index (χ3n) is 4.72. The molecule has 0 amide bonds. The molecule has 0 saturated carbocycles. The van der Waals surface area contributed by atoms with Gasteiger partial charge >= 0.3 is 0 Å². The van der Waals surface area contributed by atoms with E-state index in [1.165, 1.54) is 10.4 Å². The van der Waals surface area contributed by atoms with E-state index in [9.17, 15) is 0 Å². The molecule has 0 spiro atoms. The number of fused-ring (bicyclic) bond motifs is 1. The van der Waals surface area contributed by atoms with Gasteiger partial charge in [0.2, 0.25) is 0 Å². The first-order valence-electron chi connectivity index (χ1n) is 8.25. The van der Waals surface area contributed by atoms with Crippen LogP contribution in [0.15, 0.2) is 30.0 Å². The second-order valence-electron chi connectivity index (χ2n) is 6.50. The van der Waals surface area contributed by atoms with Crippen molar-refractivity contribution < 1.29 is 0 Å². The Morgan fingerprint density at radius 1 is 1.50 bits per heavy atom. The van der Waals surface area contributed by atoms with Crippen molar-refractivity contribution in [3.05, 3.63) is 34.9 Å². The second-order valence-corrected chi connectivity index (χ2v) is 7.62. The van der Waals surface area contributed by atoms with E-state index in [0.29, 0.717) is 5.92 Å². The molecule has 1 aliphatic heterocycles. The lowest BCUT2D eigenvalue weighted by Crippen LogP contribution is -2.13. The lowest BCUT2D eigenvalue weighted by Gasteiger charge is -2.11. The molecule has 3 aromatic heterocycles. The van der Waals surface area contributed by atoms with Crippen LogP contribution in [0.1, 0.15) is 11.3 Å². The van der Waals surface area contributed by atoms with E-state index in [4.69, 9.17) is 5.26 Å². The quantitative estimate of drug-likeness (QED) is 0.737. The van der Waals surface area contributed by atoms with E-state index in [0.717, 1.165) is 42.5 Å². The summed E-state index contributed by atoms with van der Waals surface area (Å²) < 4.78 is 1.83. The number of nitrogens with zero attached hydrogens (tertiary/aromatic N) is 4. The Morgan fingerprint density at radius 2 is 2.42 bits per heavy atom. The van der Waals surface area contributed by atoms with Crippen molar-refractivity contribution >= 4 is 29.4 Å². The molecule has 120 valence electrons. The highest BCUT2D eigenvalue weighted by Crippen LogP contribution is 2.29. The zero-order valence-electron chi connectivity index (χ0n) is 13.6. The molecule has 1 aliphatic rings. The van der Waals surface area contributed by atoms with E-state index >= 15 is 0 Å². The molecule has 0 aliphatic carbocycles. The van der Waals surface area contributed by atoms with Crippen LogP contribution in [0.4, 0.5) is 5.69 Å². The highest BCUT2D eigenvalue weighted by Gasteiger charge is 2.27. The highest BCUT2D eigenvalue weighted by molar-refractivity contribution is 7.10. The molecule has 5 nitrogen and oxygen atoms in total. The number of thiophene rings is 1. The maximum Gasteiger partial charge on any atom is 0.268 e. The fraction of sp³-hybridized carbons (Fsp3) is 0.353. The van der Waals surface area contributed by atoms with Crippen molar-refractivity contribution in [3.8, 4) is 17.1 Å². The summed E-state index contributed by atoms with van der Waals surface area (Å²) in [6, 6.07) is 2.17. The first-order chi connectivity index (χ1) is 11.7. The first kappa shape index (κ1) is 15.2. The molecular weight excluding hydrogens is 317 g/mol. The summed E-state index contributed by atoms with van der Waals surface area (Å²) in [5, 5.41) is 19.0. The Bertz CT molecular complexity index is 909. The molecule has 7 heteroatoms. The van der Waals surface area contributed by atoms with Crippen LogP contribution in [-0.2, 0) is 0 Å². The molecule has 0 radical (unpaired) electrons. The van der Waals surface area contributed by atoms with Gasteiger partial charge in [0.05, 0.1) is 24.3 Å². The average Bonchev–Trinajstić information content (AvgIpc) is 3.31. The molecule has 1 atom stereocenters. The van der Waals surface area contributed by atoms with E-state index in [2.05, 4.69) is 39.7 Å². The van der Waals surface area contributed by atoms with Crippen molar-refractivity contribution in [2.45, 2.75) is 26.0 Å². The summed E-state index contributed by atoms with van der Waals surface area (Å²) in [5.74, 6) is 2.96. The van der Waals surface area contributed by atoms with Crippen LogP contribution in [0.3, 0.4) is 0 Å². The Hall–Kier alpha value is -2.33. The van der Waals surface area contributed by atoms with Crippen LogP contribution in [0, 0.1) is 24.1 Å². The number of rotatable bonds is 4. The normalized spacial score (nSPS) is 17.3. The zero-order valence-corrected chi connectivity index (χ0v) is 14.4. The predicted molar refractivity (Wildman–Crippen MR) is 98.6 cm³/mol. The average molecular weight is 335 g/mol. The maximum absolute atomic E-state index is 8.99. The minimum absolute atomic E-state index is 0.236. The summed E-state index contributed by atoms with van der Waals surface area (Å²) >= 11 is 1.74. The van der Waals surface area contributed by atoms with Crippen molar-refractivity contribution in [1.29, 1.82) is 5.26 Å². The standard InChI is InChI=1S/C17H18BN5S/c1-12-4-14(10-24-12)16-8-22-23-9-15(7-21-17(16)23)20-6-13-2-3-18(5-13)11-19/h4,7-10,13,20H,2-3,5-6H2,1H3. The SMILES string of the molecule is Cc1cc(-c2cnn3cc(NCC4CCB(C#N)C4)cnc23)cs1. The predicted octanol–water partition coefficient (Wildman–Crippen LogP) is 3.76. The van der Waals surface area contributed by atoms with Crippen molar-refractivity contribution in [3.63, 3.8) is 0 Å². The summed E-state index contributed by atoms with van der Waals surface area (Å²) in [7, 11) is 0. The van der Waals surface area contributed by atoms with Crippen LogP contribution in [-0.4, -0.2) is 27.9 Å². The van der Waals surface area contributed by atoms with E-state index in [1.54, 1.807) is 11.3 Å². The number of hydrogen-bond donors (Lipinski definition) is 1. The van der Waals surface area contributed by atoms with E-state index in [1.807, 2.05) is 23.1 Å². The van der Waals surface area contributed by atoms with Gasteiger partial charge in [-0.1, -0.05) is 19.1 Å². The van der Waals surface area contributed by atoms with Gasteiger partial charge in [0.15, 0.2) is 5.65 Å². The molecule has 4 heterocycles. The second kappa shape index (κ2) is 6.29. The van der Waals surface area contributed by atoms with Crippen LogP contribution >= 0.6 is 11.3 Å². The molecule has 4 rings (SSSR count). The van der Waals surface area contributed by atoms with Gasteiger partial charge in [0.1, 0.15) is 0 Å². The molecule has 3 aromatic rings. The molecule has 0 aromatic carbocycles. The van der Waals surface area contributed by atoms with Gasteiger partial charge < -0.3 is 5.32 Å². The number of anilines is 1. The highest BCUT2D eigenvalue weighted by atomic mass is 32.1. The number of aromatic nitrogens is 3. The van der Waals surface area contributed by atoms with Gasteiger partial charge in [-0.25, -0.2) is 14.8 Å². The van der Waals surface area contributed by atoms with Crippen LogP contribution in [0.2, 0.25) is 12.6 Å². The smallest absolute Gasteiger partial charge is 0.268 e. The van der Waals surface area contributed by atoms with Crippen molar-refractivity contribution in [1.82, 2.24) is 14.6 Å². The molecule has 1 saturated heterocycles. The third kappa shape index (κ3) is 2.90. The number of nitriles is 1. The van der Waals surface area contributed by atoms with E-state index < -0.39 is 0 Å². The summed E-state index contributed by atoms with van der Waals surface area (Å²) in [6.07, 6.45) is 8.90. The molecular formula is C17H18BN5S. The van der Waals surface area contributed by atoms with Gasteiger partial charge in [0, 0.05) is 23.0 Å². The number of aryl methyl sites for hydroxylation is 1. The van der Waals surface area contributed by atoms with Gasteiger partial charge in [0.25, 0.3) is 6.71 Å². The lowest BCUT2D eigenvalue weighted by molar-refractivity contribution is 0.621. The van der Waals surface area contributed by atoms with Crippen molar-refractivity contribution in [2.75, 3.05) is 11.9 Å². The largest absolute Gasteiger partial charge is 0.382 e. The number of nitrogens with one attached hydrogen (secondary N) is 1. The Kier molecular flexibility index (Phi) is 3.99. The van der Waals surface area contributed by atoms with Crippen LogP contribution < -0.4 is 5.32 Å². The molecule has 1 fully saturated rings. The summed E-state index contributed by atoms with van der Waals surface area (Å²) in [6.45, 7) is 3.23. The molecule has 1 N–H and O–H groups in total. The zero-order chi connectivity index (χ0) is 16.5. The van der Waals surface area contributed by atoms with Gasteiger partial charge in [-0.3, -0.25) is 0 Å². The first-order valence-corrected chi connectivity index (χ1v) is 9.13. The fourth-order valence-electron chi connectivity index (χ4n) is 3.39. The minimum Gasteiger partial charge on any atom is -0.382 e. The van der Waals surface area contributed by atoms with Crippen LogP contribution in [0.5, 0.6) is 0 Å². The summed E-state index contributed by atoms with van der Waals surface area (Å²) in [5.41, 5.74) is 4.09. The summed E-state index contributed by atoms with van der Waals surface area (Å²) in [4.78, 5) is 5.88. The maximum atomic E-state index is 8.99. The van der Waals surface area contributed by atoms with Crippen molar-refractivity contribution in [2.24, 2.45) is 5.92 Å². The van der Waals surface area contributed by atoms with Gasteiger partial charge in [-0.05, 0) is 29.9 Å². The Morgan fingerprint density at radius 3 is 3.17 bits per heavy atom. The Balaban J connectivity index is 1.49. The third-order valence-corrected chi connectivity index (χ3v) is 5.58.